The van der Waals surface area contributed by atoms with Gasteiger partial charge in [-0.15, -0.1) is 0 Å². The van der Waals surface area contributed by atoms with Crippen molar-refractivity contribution in [3.05, 3.63) is 89.5 Å². The number of imide groups is 1. The smallest absolute Gasteiger partial charge is 0.316 e. The molecule has 1 saturated heterocycles. The van der Waals surface area contributed by atoms with Gasteiger partial charge in [-0.1, -0.05) is 30.3 Å². The predicted molar refractivity (Wildman–Crippen MR) is 121 cm³/mol. The van der Waals surface area contributed by atoms with Crippen LogP contribution >= 0.6 is 0 Å². The van der Waals surface area contributed by atoms with Crippen molar-refractivity contribution in [3.8, 4) is 5.75 Å². The number of hydrogen-bond donors (Lipinski definition) is 0. The normalized spacial score (nSPS) is 17.5. The van der Waals surface area contributed by atoms with Gasteiger partial charge < -0.3 is 9.64 Å². The van der Waals surface area contributed by atoms with Crippen molar-refractivity contribution in [2.45, 2.75) is 13.3 Å². The lowest BCUT2D eigenvalue weighted by Crippen LogP contribution is -2.30. The second-order valence-corrected chi connectivity index (χ2v) is 8.10. The molecule has 0 spiro atoms. The average Bonchev–Trinajstić information content (AvgIpc) is 3.33. The minimum Gasteiger partial charge on any atom is -0.426 e. The number of amides is 3. The Kier molecular flexibility index (Phi) is 5.01. The lowest BCUT2D eigenvalue weighted by molar-refractivity contribution is -0.139. The summed E-state index contributed by atoms with van der Waals surface area (Å²) in [5.74, 6) is -1.66. The lowest BCUT2D eigenvalue weighted by Gasteiger charge is -2.18. The highest BCUT2D eigenvalue weighted by molar-refractivity contribution is 6.34. The third kappa shape index (κ3) is 3.57. The van der Waals surface area contributed by atoms with E-state index in [1.54, 1.807) is 54.3 Å². The van der Waals surface area contributed by atoms with Crippen molar-refractivity contribution < 1.29 is 23.9 Å². The second-order valence-electron chi connectivity index (χ2n) is 8.10. The van der Waals surface area contributed by atoms with E-state index in [4.69, 9.17) is 4.74 Å². The second kappa shape index (κ2) is 8.02. The van der Waals surface area contributed by atoms with E-state index in [1.807, 2.05) is 30.3 Å². The molecule has 1 atom stereocenters. The van der Waals surface area contributed by atoms with Crippen LogP contribution in [0.25, 0.3) is 0 Å². The molecule has 164 valence electrons. The Labute approximate surface area is 190 Å². The number of hydrogen-bond acceptors (Lipinski definition) is 5. The first-order chi connectivity index (χ1) is 15.9. The lowest BCUT2D eigenvalue weighted by atomic mass is 10.1. The van der Waals surface area contributed by atoms with Crippen molar-refractivity contribution >= 4 is 35.1 Å². The first-order valence-corrected chi connectivity index (χ1v) is 10.6. The monoisotopic (exact) mass is 440 g/mol. The van der Waals surface area contributed by atoms with Crippen LogP contribution in [0.4, 0.5) is 11.4 Å². The summed E-state index contributed by atoms with van der Waals surface area (Å²) < 4.78 is 5.54. The van der Waals surface area contributed by atoms with Crippen LogP contribution < -0.4 is 14.5 Å². The van der Waals surface area contributed by atoms with Crippen molar-refractivity contribution in [2.75, 3.05) is 16.3 Å². The molecule has 2 aliphatic heterocycles. The molecule has 33 heavy (non-hydrogen) atoms. The van der Waals surface area contributed by atoms with Crippen LogP contribution in [-0.2, 0) is 9.59 Å². The summed E-state index contributed by atoms with van der Waals surface area (Å²) >= 11 is 0. The van der Waals surface area contributed by atoms with Crippen LogP contribution in [0.1, 0.15) is 32.7 Å². The number of ether oxygens (including phenoxy) is 1. The fraction of sp³-hybridized carbons (Fsp3) is 0.154. The molecule has 3 amide bonds. The number of rotatable bonds is 4. The number of carbonyl (C=O) groups excluding carboxylic acids is 4. The van der Waals surface area contributed by atoms with Gasteiger partial charge in [0.1, 0.15) is 5.75 Å². The summed E-state index contributed by atoms with van der Waals surface area (Å²) in [5, 5.41) is 0. The van der Waals surface area contributed by atoms with Gasteiger partial charge in [-0.25, -0.2) is 4.90 Å². The van der Waals surface area contributed by atoms with Gasteiger partial charge in [0.25, 0.3) is 11.8 Å². The summed E-state index contributed by atoms with van der Waals surface area (Å²) in [6, 6.07) is 20.6. The van der Waals surface area contributed by atoms with Gasteiger partial charge in [-0.3, -0.25) is 19.2 Å². The first kappa shape index (κ1) is 20.6. The largest absolute Gasteiger partial charge is 0.426 e. The summed E-state index contributed by atoms with van der Waals surface area (Å²) in [5.41, 5.74) is 2.53. The Bertz CT molecular complexity index is 1270. The molecule has 0 aromatic heterocycles. The molecular formula is C26H20N2O5. The highest BCUT2D eigenvalue weighted by Crippen LogP contribution is 2.33. The SMILES string of the molecule is Cc1cc(OC(=O)[C@H]2CC(=O)N(c3ccccc3)C2)ccc1N1C(=O)c2ccccc2C1=O. The maximum Gasteiger partial charge on any atom is 0.316 e. The summed E-state index contributed by atoms with van der Waals surface area (Å²) in [6.45, 7) is 2.00. The van der Waals surface area contributed by atoms with Crippen LogP contribution in [0, 0.1) is 12.8 Å². The molecule has 2 aliphatic rings. The van der Waals surface area contributed by atoms with Gasteiger partial charge in [0.05, 0.1) is 22.7 Å². The zero-order valence-electron chi connectivity index (χ0n) is 17.9. The van der Waals surface area contributed by atoms with Crippen LogP contribution in [0.5, 0.6) is 5.75 Å². The number of esters is 1. The molecule has 0 bridgehead atoms. The van der Waals surface area contributed by atoms with Crippen LogP contribution in [-0.4, -0.2) is 30.2 Å². The molecule has 0 saturated carbocycles. The molecule has 3 aromatic carbocycles. The Morgan fingerprint density at radius 2 is 1.52 bits per heavy atom. The zero-order valence-corrected chi connectivity index (χ0v) is 17.9. The van der Waals surface area contributed by atoms with Crippen molar-refractivity contribution in [3.63, 3.8) is 0 Å². The number of fused-ring (bicyclic) bond motifs is 1. The molecule has 7 heteroatoms. The Morgan fingerprint density at radius 1 is 0.879 bits per heavy atom. The Balaban J connectivity index is 1.31. The number of nitrogens with zero attached hydrogens (tertiary/aromatic N) is 2. The number of anilines is 2. The predicted octanol–water partition coefficient (Wildman–Crippen LogP) is 3.75. The van der Waals surface area contributed by atoms with E-state index in [0.29, 0.717) is 28.1 Å². The maximum absolute atomic E-state index is 12.8. The van der Waals surface area contributed by atoms with Crippen molar-refractivity contribution in [1.82, 2.24) is 0 Å². The van der Waals surface area contributed by atoms with E-state index in [2.05, 4.69) is 0 Å². The number of aryl methyl sites for hydroxylation is 1. The third-order valence-electron chi connectivity index (χ3n) is 5.95. The molecule has 7 nitrogen and oxygen atoms in total. The Hall–Kier alpha value is -4.26. The topological polar surface area (TPSA) is 84.0 Å². The van der Waals surface area contributed by atoms with Crippen LogP contribution in [0.15, 0.2) is 72.8 Å². The highest BCUT2D eigenvalue weighted by atomic mass is 16.5. The van der Waals surface area contributed by atoms with Crippen molar-refractivity contribution in [2.24, 2.45) is 5.92 Å². The van der Waals surface area contributed by atoms with Crippen LogP contribution in [0.3, 0.4) is 0 Å². The quantitative estimate of drug-likeness (QED) is 0.351. The van der Waals surface area contributed by atoms with E-state index in [9.17, 15) is 19.2 Å². The fourth-order valence-corrected chi connectivity index (χ4v) is 4.27. The van der Waals surface area contributed by atoms with E-state index in [-0.39, 0.29) is 30.7 Å². The summed E-state index contributed by atoms with van der Waals surface area (Å²) in [4.78, 5) is 53.4. The molecule has 0 N–H and O–H groups in total. The molecule has 3 aromatic rings. The highest BCUT2D eigenvalue weighted by Gasteiger charge is 2.38. The van der Waals surface area contributed by atoms with E-state index >= 15 is 0 Å². The van der Waals surface area contributed by atoms with Gasteiger partial charge in [-0.2, -0.15) is 0 Å². The van der Waals surface area contributed by atoms with Crippen LogP contribution in [0.2, 0.25) is 0 Å². The summed E-state index contributed by atoms with van der Waals surface area (Å²) in [6.07, 6.45) is 0.0832. The summed E-state index contributed by atoms with van der Waals surface area (Å²) in [7, 11) is 0. The van der Waals surface area contributed by atoms with Gasteiger partial charge in [0.2, 0.25) is 5.91 Å². The van der Waals surface area contributed by atoms with Gasteiger partial charge in [0.15, 0.2) is 0 Å². The van der Waals surface area contributed by atoms with Gasteiger partial charge in [-0.05, 0) is 55.0 Å². The fourth-order valence-electron chi connectivity index (χ4n) is 4.27. The van der Waals surface area contributed by atoms with E-state index < -0.39 is 11.9 Å². The standard InChI is InChI=1S/C26H20N2O5/c1-16-13-19(11-12-22(16)28-24(30)20-9-5-6-10-21(20)25(28)31)33-26(32)17-14-23(29)27(15-17)18-7-3-2-4-8-18/h2-13,17H,14-15H2,1H3/t17-/m0/s1. The molecule has 0 radical (unpaired) electrons. The third-order valence-corrected chi connectivity index (χ3v) is 5.95. The number of para-hydroxylation sites is 1. The molecule has 2 heterocycles. The van der Waals surface area contributed by atoms with Crippen molar-refractivity contribution in [1.29, 1.82) is 0 Å². The average molecular weight is 440 g/mol. The van der Waals surface area contributed by atoms with Gasteiger partial charge >= 0.3 is 5.97 Å². The molecular weight excluding hydrogens is 420 g/mol. The minimum atomic E-state index is -0.575. The number of benzene rings is 3. The number of carbonyl (C=O) groups is 4. The molecule has 0 unspecified atom stereocenters. The van der Waals surface area contributed by atoms with E-state index in [1.165, 1.54) is 0 Å². The molecule has 5 rings (SSSR count). The first-order valence-electron chi connectivity index (χ1n) is 10.6. The maximum atomic E-state index is 12.8. The minimum absolute atomic E-state index is 0.0832. The molecule has 0 aliphatic carbocycles. The van der Waals surface area contributed by atoms with E-state index in [0.717, 1.165) is 10.6 Å². The molecule has 1 fully saturated rings. The van der Waals surface area contributed by atoms with Gasteiger partial charge in [0, 0.05) is 18.7 Å². The zero-order chi connectivity index (χ0) is 23.1. The Morgan fingerprint density at radius 3 is 2.15 bits per heavy atom.